The highest BCUT2D eigenvalue weighted by atomic mass is 14.9. The SMILES string of the molecule is c1ccc(Nc2ccc(-c3ccncc3)nc2)cc1. The number of nitrogens with zero attached hydrogens (tertiary/aromatic N) is 2. The van der Waals surface area contributed by atoms with E-state index in [1.165, 1.54) is 0 Å². The highest BCUT2D eigenvalue weighted by molar-refractivity contribution is 5.63. The summed E-state index contributed by atoms with van der Waals surface area (Å²) in [6.07, 6.45) is 5.38. The van der Waals surface area contributed by atoms with Crippen LogP contribution in [0.5, 0.6) is 0 Å². The molecule has 3 nitrogen and oxygen atoms in total. The molecule has 0 fully saturated rings. The predicted octanol–water partition coefficient (Wildman–Crippen LogP) is 3.89. The van der Waals surface area contributed by atoms with Gasteiger partial charge in [0.05, 0.1) is 17.6 Å². The first kappa shape index (κ1) is 11.4. The third-order valence-electron chi connectivity index (χ3n) is 2.80. The standard InChI is InChI=1S/C16H13N3/c1-2-4-14(5-3-1)19-15-6-7-16(18-12-15)13-8-10-17-11-9-13/h1-12,19H. The number of aromatic nitrogens is 2. The van der Waals surface area contributed by atoms with Gasteiger partial charge in [-0.15, -0.1) is 0 Å². The number of hydrogen-bond donors (Lipinski definition) is 1. The number of para-hydroxylation sites is 1. The molecule has 0 aliphatic heterocycles. The zero-order valence-electron chi connectivity index (χ0n) is 10.3. The first-order valence-electron chi connectivity index (χ1n) is 6.10. The van der Waals surface area contributed by atoms with Crippen molar-refractivity contribution in [2.45, 2.75) is 0 Å². The van der Waals surface area contributed by atoms with Crippen molar-refractivity contribution in [1.82, 2.24) is 9.97 Å². The van der Waals surface area contributed by atoms with E-state index in [4.69, 9.17) is 0 Å². The van der Waals surface area contributed by atoms with E-state index >= 15 is 0 Å². The number of benzene rings is 1. The van der Waals surface area contributed by atoms with Crippen molar-refractivity contribution in [2.75, 3.05) is 5.32 Å². The van der Waals surface area contributed by atoms with Crippen molar-refractivity contribution >= 4 is 11.4 Å². The van der Waals surface area contributed by atoms with Crippen LogP contribution in [0.15, 0.2) is 73.2 Å². The van der Waals surface area contributed by atoms with Crippen molar-refractivity contribution in [3.63, 3.8) is 0 Å². The Kier molecular flexibility index (Phi) is 3.19. The summed E-state index contributed by atoms with van der Waals surface area (Å²) in [4.78, 5) is 8.46. The molecule has 1 aromatic carbocycles. The molecule has 0 aliphatic carbocycles. The maximum Gasteiger partial charge on any atom is 0.0704 e. The van der Waals surface area contributed by atoms with Crippen molar-refractivity contribution in [2.24, 2.45) is 0 Å². The van der Waals surface area contributed by atoms with E-state index in [0.29, 0.717) is 0 Å². The van der Waals surface area contributed by atoms with Crippen molar-refractivity contribution in [3.05, 3.63) is 73.2 Å². The van der Waals surface area contributed by atoms with Crippen molar-refractivity contribution in [1.29, 1.82) is 0 Å². The molecular formula is C16H13N3. The highest BCUT2D eigenvalue weighted by Crippen LogP contribution is 2.19. The van der Waals surface area contributed by atoms with Crippen LogP contribution in [0.4, 0.5) is 11.4 Å². The van der Waals surface area contributed by atoms with Crippen LogP contribution in [-0.2, 0) is 0 Å². The van der Waals surface area contributed by atoms with Crippen LogP contribution in [0.3, 0.4) is 0 Å². The molecule has 1 N–H and O–H groups in total. The van der Waals surface area contributed by atoms with Gasteiger partial charge >= 0.3 is 0 Å². The largest absolute Gasteiger partial charge is 0.354 e. The molecule has 0 aliphatic rings. The number of hydrogen-bond acceptors (Lipinski definition) is 3. The van der Waals surface area contributed by atoms with E-state index in [-0.39, 0.29) is 0 Å². The molecule has 0 saturated heterocycles. The third kappa shape index (κ3) is 2.77. The van der Waals surface area contributed by atoms with Gasteiger partial charge in [-0.2, -0.15) is 0 Å². The van der Waals surface area contributed by atoms with Crippen LogP contribution in [0.1, 0.15) is 0 Å². The van der Waals surface area contributed by atoms with Gasteiger partial charge in [0.15, 0.2) is 0 Å². The molecule has 0 unspecified atom stereocenters. The van der Waals surface area contributed by atoms with E-state index in [1.807, 2.05) is 60.8 Å². The summed E-state index contributed by atoms with van der Waals surface area (Å²) < 4.78 is 0. The first-order chi connectivity index (χ1) is 9.42. The Labute approximate surface area is 112 Å². The Hall–Kier alpha value is -2.68. The van der Waals surface area contributed by atoms with E-state index in [1.54, 1.807) is 12.4 Å². The minimum Gasteiger partial charge on any atom is -0.354 e. The highest BCUT2D eigenvalue weighted by Gasteiger charge is 1.99. The summed E-state index contributed by atoms with van der Waals surface area (Å²) in [7, 11) is 0. The third-order valence-corrected chi connectivity index (χ3v) is 2.80. The van der Waals surface area contributed by atoms with Gasteiger partial charge in [-0.1, -0.05) is 18.2 Å². The molecule has 0 bridgehead atoms. The molecule has 2 aromatic heterocycles. The summed E-state index contributed by atoms with van der Waals surface area (Å²) in [6, 6.07) is 18.0. The smallest absolute Gasteiger partial charge is 0.0704 e. The average Bonchev–Trinajstić information content (AvgIpc) is 2.50. The molecule has 3 rings (SSSR count). The molecule has 0 atom stereocenters. The fourth-order valence-electron chi connectivity index (χ4n) is 1.85. The lowest BCUT2D eigenvalue weighted by molar-refractivity contribution is 1.28. The van der Waals surface area contributed by atoms with Crippen LogP contribution in [0.25, 0.3) is 11.3 Å². The molecule has 3 heteroatoms. The lowest BCUT2D eigenvalue weighted by Gasteiger charge is -2.06. The predicted molar refractivity (Wildman–Crippen MR) is 77.2 cm³/mol. The van der Waals surface area contributed by atoms with E-state index in [9.17, 15) is 0 Å². The van der Waals surface area contributed by atoms with Crippen LogP contribution < -0.4 is 5.32 Å². The quantitative estimate of drug-likeness (QED) is 0.763. The molecule has 0 radical (unpaired) electrons. The van der Waals surface area contributed by atoms with E-state index in [0.717, 1.165) is 22.6 Å². The molecular weight excluding hydrogens is 234 g/mol. The second-order valence-corrected chi connectivity index (χ2v) is 4.16. The maximum absolute atomic E-state index is 4.45. The Morgan fingerprint density at radius 1 is 0.737 bits per heavy atom. The monoisotopic (exact) mass is 247 g/mol. The summed E-state index contributed by atoms with van der Waals surface area (Å²) in [5.41, 5.74) is 4.05. The lowest BCUT2D eigenvalue weighted by Crippen LogP contribution is -1.91. The molecule has 0 amide bonds. The summed E-state index contributed by atoms with van der Waals surface area (Å²) in [5.74, 6) is 0. The maximum atomic E-state index is 4.45. The number of pyridine rings is 2. The molecule has 2 heterocycles. The zero-order chi connectivity index (χ0) is 12.9. The van der Waals surface area contributed by atoms with Crippen LogP contribution in [-0.4, -0.2) is 9.97 Å². The second-order valence-electron chi connectivity index (χ2n) is 4.16. The first-order valence-corrected chi connectivity index (χ1v) is 6.10. The van der Waals surface area contributed by atoms with Gasteiger partial charge in [0.1, 0.15) is 0 Å². The molecule has 3 aromatic rings. The van der Waals surface area contributed by atoms with Crippen molar-refractivity contribution < 1.29 is 0 Å². The van der Waals surface area contributed by atoms with Crippen molar-refractivity contribution in [3.8, 4) is 11.3 Å². The lowest BCUT2D eigenvalue weighted by atomic mass is 10.2. The van der Waals surface area contributed by atoms with Gasteiger partial charge in [0, 0.05) is 23.6 Å². The van der Waals surface area contributed by atoms with E-state index < -0.39 is 0 Å². The Morgan fingerprint density at radius 3 is 2.21 bits per heavy atom. The van der Waals surface area contributed by atoms with Gasteiger partial charge < -0.3 is 5.32 Å². The summed E-state index contributed by atoms with van der Waals surface area (Å²) in [5, 5.41) is 3.31. The second kappa shape index (κ2) is 5.31. The van der Waals surface area contributed by atoms with Crippen LogP contribution >= 0.6 is 0 Å². The number of rotatable bonds is 3. The van der Waals surface area contributed by atoms with Crippen LogP contribution in [0.2, 0.25) is 0 Å². The van der Waals surface area contributed by atoms with Crippen LogP contribution in [0, 0.1) is 0 Å². The van der Waals surface area contributed by atoms with Gasteiger partial charge in [0.2, 0.25) is 0 Å². The van der Waals surface area contributed by atoms with Gasteiger partial charge in [-0.3, -0.25) is 9.97 Å². The molecule has 0 spiro atoms. The zero-order valence-corrected chi connectivity index (χ0v) is 10.3. The molecule has 92 valence electrons. The van der Waals surface area contributed by atoms with Gasteiger partial charge in [-0.05, 0) is 36.4 Å². The van der Waals surface area contributed by atoms with Gasteiger partial charge in [-0.25, -0.2) is 0 Å². The average molecular weight is 247 g/mol. The summed E-state index contributed by atoms with van der Waals surface area (Å²) in [6.45, 7) is 0. The Bertz CT molecular complexity index is 634. The van der Waals surface area contributed by atoms with Gasteiger partial charge in [0.25, 0.3) is 0 Å². The minimum absolute atomic E-state index is 0.945. The summed E-state index contributed by atoms with van der Waals surface area (Å²) >= 11 is 0. The Balaban J connectivity index is 1.80. The van der Waals surface area contributed by atoms with E-state index in [2.05, 4.69) is 15.3 Å². The topological polar surface area (TPSA) is 37.8 Å². The fraction of sp³-hybridized carbons (Fsp3) is 0. The normalized spacial score (nSPS) is 10.1. The molecule has 19 heavy (non-hydrogen) atoms. The Morgan fingerprint density at radius 2 is 1.53 bits per heavy atom. The number of nitrogens with one attached hydrogen (secondary N) is 1. The minimum atomic E-state index is 0.945. The fourth-order valence-corrected chi connectivity index (χ4v) is 1.85. The number of anilines is 2. The molecule has 0 saturated carbocycles.